The Bertz CT molecular complexity index is 857. The van der Waals surface area contributed by atoms with Crippen LogP contribution in [0, 0.1) is 0 Å². The first-order valence-electron chi connectivity index (χ1n) is 8.91. The van der Waals surface area contributed by atoms with Gasteiger partial charge in [0.1, 0.15) is 20.2 Å². The molecular weight excluding hydrogens is 359 g/mol. The fourth-order valence-electron chi connectivity index (χ4n) is 2.75. The molecule has 3 rings (SSSR count). The minimum atomic E-state index is -0.436. The molecule has 2 amide bonds. The maximum absolute atomic E-state index is 12.2. The van der Waals surface area contributed by atoms with Gasteiger partial charge in [-0.2, -0.15) is 4.98 Å². The molecule has 0 aliphatic carbocycles. The molecule has 1 fully saturated rings. The van der Waals surface area contributed by atoms with E-state index in [4.69, 9.17) is 7.85 Å². The summed E-state index contributed by atoms with van der Waals surface area (Å²) in [5, 5.41) is 8.76. The van der Waals surface area contributed by atoms with E-state index in [0.717, 1.165) is 25.9 Å². The smallest absolute Gasteiger partial charge is 0.325 e. The monoisotopic (exact) mass is 380 g/mol. The number of methoxy groups -OCH3 is 1. The molecule has 1 aliphatic heterocycles. The number of hydrogen-bond acceptors (Lipinski definition) is 7. The fraction of sp³-hybridized carbons (Fsp3) is 0.333. The van der Waals surface area contributed by atoms with Crippen molar-refractivity contribution in [3.63, 3.8) is 0 Å². The molecule has 0 atom stereocenters. The van der Waals surface area contributed by atoms with E-state index in [9.17, 15) is 9.59 Å². The van der Waals surface area contributed by atoms with Gasteiger partial charge in [0.05, 0.1) is 7.11 Å². The molecule has 2 heterocycles. The van der Waals surface area contributed by atoms with Crippen LogP contribution in [0.15, 0.2) is 30.5 Å². The van der Waals surface area contributed by atoms with E-state index < -0.39 is 5.97 Å². The van der Waals surface area contributed by atoms with E-state index in [1.54, 1.807) is 11.0 Å². The van der Waals surface area contributed by atoms with Gasteiger partial charge in [0, 0.05) is 30.7 Å². The summed E-state index contributed by atoms with van der Waals surface area (Å²) >= 11 is 0. The van der Waals surface area contributed by atoms with E-state index in [1.807, 2.05) is 18.2 Å². The third-order valence-corrected chi connectivity index (χ3v) is 4.21. The maximum Gasteiger partial charge on any atom is 0.325 e. The second-order valence-corrected chi connectivity index (χ2v) is 6.26. The number of nitrogens with one attached hydrogen (secondary N) is 3. The fourth-order valence-corrected chi connectivity index (χ4v) is 2.75. The van der Waals surface area contributed by atoms with Gasteiger partial charge in [-0.1, -0.05) is 6.07 Å². The molecule has 3 N–H and O–H groups in total. The number of rotatable bonds is 6. The molecule has 10 heteroatoms. The second kappa shape index (κ2) is 9.07. The molecule has 2 aromatic rings. The van der Waals surface area contributed by atoms with Crippen molar-refractivity contribution >= 4 is 48.5 Å². The highest BCUT2D eigenvalue weighted by Gasteiger charge is 2.17. The molecule has 2 radical (unpaired) electrons. The van der Waals surface area contributed by atoms with Crippen LogP contribution in [-0.4, -0.2) is 61.5 Å². The van der Waals surface area contributed by atoms with Crippen molar-refractivity contribution in [3.05, 3.63) is 30.5 Å². The summed E-state index contributed by atoms with van der Waals surface area (Å²) in [6.45, 7) is 1.50. The Morgan fingerprint density at radius 3 is 2.75 bits per heavy atom. The Labute approximate surface area is 164 Å². The number of ether oxygens (including phenoxy) is 1. The molecule has 1 aromatic heterocycles. The summed E-state index contributed by atoms with van der Waals surface area (Å²) in [7, 11) is 7.13. The number of amides is 2. The average molecular weight is 380 g/mol. The first-order valence-corrected chi connectivity index (χ1v) is 8.91. The molecule has 0 spiro atoms. The second-order valence-electron chi connectivity index (χ2n) is 6.26. The van der Waals surface area contributed by atoms with Gasteiger partial charge in [-0.3, -0.25) is 4.79 Å². The molecule has 0 saturated carbocycles. The molecule has 28 heavy (non-hydrogen) atoms. The number of nitrogens with zero attached hydrogens (tertiary/aromatic N) is 3. The third kappa shape index (κ3) is 5.12. The zero-order valence-electron chi connectivity index (χ0n) is 15.6. The third-order valence-electron chi connectivity index (χ3n) is 4.21. The summed E-state index contributed by atoms with van der Waals surface area (Å²) in [6, 6.07) is 7.14. The first-order chi connectivity index (χ1) is 13.5. The number of esters is 1. The Morgan fingerprint density at radius 2 is 2.00 bits per heavy atom. The minimum Gasteiger partial charge on any atom is -0.468 e. The van der Waals surface area contributed by atoms with E-state index in [0.29, 0.717) is 28.6 Å². The summed E-state index contributed by atoms with van der Waals surface area (Å²) < 4.78 is 4.58. The quantitative estimate of drug-likeness (QED) is 0.511. The van der Waals surface area contributed by atoms with E-state index in [-0.39, 0.29) is 12.6 Å². The Balaban J connectivity index is 1.66. The highest BCUT2D eigenvalue weighted by molar-refractivity contribution is 6.35. The lowest BCUT2D eigenvalue weighted by Crippen LogP contribution is -2.32. The average Bonchev–Trinajstić information content (AvgIpc) is 3.23. The summed E-state index contributed by atoms with van der Waals surface area (Å²) in [5.74, 6) is 0.181. The van der Waals surface area contributed by atoms with Gasteiger partial charge in [-0.05, 0) is 36.5 Å². The molecule has 1 saturated heterocycles. The van der Waals surface area contributed by atoms with Gasteiger partial charge in [-0.15, -0.1) is 0 Å². The van der Waals surface area contributed by atoms with Gasteiger partial charge in [-0.25, -0.2) is 9.78 Å². The van der Waals surface area contributed by atoms with Crippen molar-refractivity contribution in [2.75, 3.05) is 42.7 Å². The van der Waals surface area contributed by atoms with E-state index in [2.05, 4.69) is 30.7 Å². The van der Waals surface area contributed by atoms with Crippen molar-refractivity contribution in [2.45, 2.75) is 12.8 Å². The van der Waals surface area contributed by atoms with Gasteiger partial charge >= 0.3 is 12.0 Å². The lowest BCUT2D eigenvalue weighted by molar-refractivity contribution is -0.138. The van der Waals surface area contributed by atoms with Crippen LogP contribution in [-0.2, 0) is 9.53 Å². The Kier molecular flexibility index (Phi) is 6.31. The SMILES string of the molecule is [B]c1cnc(Nc2cccc(NC(=O)N3CCCC3)c2)nc1NCC(=O)OC. The van der Waals surface area contributed by atoms with Crippen molar-refractivity contribution in [1.82, 2.24) is 14.9 Å². The predicted molar refractivity (Wildman–Crippen MR) is 107 cm³/mol. The lowest BCUT2D eigenvalue weighted by Gasteiger charge is -2.16. The van der Waals surface area contributed by atoms with Gasteiger partial charge in [0.15, 0.2) is 0 Å². The Morgan fingerprint density at radius 1 is 1.25 bits per heavy atom. The van der Waals surface area contributed by atoms with Gasteiger partial charge in [0.25, 0.3) is 0 Å². The van der Waals surface area contributed by atoms with Gasteiger partial charge in [0.2, 0.25) is 5.95 Å². The molecule has 1 aromatic carbocycles. The molecule has 0 bridgehead atoms. The van der Waals surface area contributed by atoms with Crippen LogP contribution in [0.5, 0.6) is 0 Å². The Hall–Kier alpha value is -3.30. The number of likely N-dealkylation sites (tertiary alicyclic amines) is 1. The maximum atomic E-state index is 12.2. The summed E-state index contributed by atoms with van der Waals surface area (Å²) in [6.07, 6.45) is 3.51. The summed E-state index contributed by atoms with van der Waals surface area (Å²) in [5.41, 5.74) is 1.67. The number of urea groups is 1. The van der Waals surface area contributed by atoms with Gasteiger partial charge < -0.3 is 25.6 Å². The van der Waals surface area contributed by atoms with Crippen LogP contribution in [0.2, 0.25) is 0 Å². The zero-order valence-corrected chi connectivity index (χ0v) is 15.6. The number of carbonyl (C=O) groups excluding carboxylic acids is 2. The number of benzene rings is 1. The minimum absolute atomic E-state index is 0.0603. The molecule has 0 unspecified atom stereocenters. The first kappa shape index (κ1) is 19.5. The number of carbonyl (C=O) groups is 2. The highest BCUT2D eigenvalue weighted by Crippen LogP contribution is 2.19. The highest BCUT2D eigenvalue weighted by atomic mass is 16.5. The van der Waals surface area contributed by atoms with Crippen molar-refractivity contribution < 1.29 is 14.3 Å². The molecule has 1 aliphatic rings. The lowest BCUT2D eigenvalue weighted by atomic mass is 9.99. The van der Waals surface area contributed by atoms with Crippen molar-refractivity contribution in [2.24, 2.45) is 0 Å². The van der Waals surface area contributed by atoms with Crippen molar-refractivity contribution in [3.8, 4) is 0 Å². The zero-order chi connectivity index (χ0) is 19.9. The standard InChI is InChI=1S/C18H21BN6O3/c1-28-15(26)11-20-16-14(19)10-21-17(24-16)22-12-5-4-6-13(9-12)23-18(27)25-7-2-3-8-25/h4-6,9-10H,2-3,7-8,11H2,1H3,(H,23,27)(H2,20,21,22,24). The number of anilines is 4. The van der Waals surface area contributed by atoms with Crippen LogP contribution in [0.1, 0.15) is 12.8 Å². The number of aromatic nitrogens is 2. The van der Waals surface area contributed by atoms with E-state index in [1.165, 1.54) is 13.3 Å². The topological polar surface area (TPSA) is 108 Å². The molecule has 9 nitrogen and oxygen atoms in total. The van der Waals surface area contributed by atoms with Crippen LogP contribution in [0.4, 0.5) is 27.9 Å². The van der Waals surface area contributed by atoms with Crippen molar-refractivity contribution in [1.29, 1.82) is 0 Å². The largest absolute Gasteiger partial charge is 0.468 e. The normalized spacial score (nSPS) is 13.1. The molecular formula is C18H21BN6O3. The molecule has 144 valence electrons. The van der Waals surface area contributed by atoms with Crippen LogP contribution >= 0.6 is 0 Å². The van der Waals surface area contributed by atoms with Crippen LogP contribution in [0.3, 0.4) is 0 Å². The number of hydrogen-bond donors (Lipinski definition) is 3. The predicted octanol–water partition coefficient (Wildman–Crippen LogP) is 1.23. The summed E-state index contributed by atoms with van der Waals surface area (Å²) in [4.78, 5) is 33.7. The van der Waals surface area contributed by atoms with Crippen LogP contribution in [0.25, 0.3) is 0 Å². The van der Waals surface area contributed by atoms with E-state index >= 15 is 0 Å². The van der Waals surface area contributed by atoms with Crippen LogP contribution < -0.4 is 21.4 Å².